The molecule has 1 spiro atoms. The number of nitrogens with one attached hydrogen (secondary N) is 2. The first kappa shape index (κ1) is 18.4. The van der Waals surface area contributed by atoms with E-state index in [4.69, 9.17) is 4.74 Å². The maximum atomic E-state index is 6.45. The van der Waals surface area contributed by atoms with Gasteiger partial charge in [-0.15, -0.1) is 10.2 Å². The van der Waals surface area contributed by atoms with Gasteiger partial charge in [-0.05, 0) is 41.6 Å². The van der Waals surface area contributed by atoms with Gasteiger partial charge in [-0.3, -0.25) is 0 Å². The summed E-state index contributed by atoms with van der Waals surface area (Å²) in [6.07, 6.45) is 4.27. The lowest BCUT2D eigenvalue weighted by Crippen LogP contribution is -2.46. The fourth-order valence-corrected chi connectivity index (χ4v) is 3.79. The number of ether oxygens (including phenoxy) is 1. The molecule has 2 aliphatic heterocycles. The number of hydrogen-bond acceptors (Lipinski definition) is 5. The summed E-state index contributed by atoms with van der Waals surface area (Å²) in [6, 6.07) is 16.6. The summed E-state index contributed by atoms with van der Waals surface area (Å²) in [5.41, 5.74) is 4.27. The highest BCUT2D eigenvalue weighted by Gasteiger charge is 2.36. The second-order valence-corrected chi connectivity index (χ2v) is 6.78. The Morgan fingerprint density at radius 1 is 0.929 bits per heavy atom. The quantitative estimate of drug-likeness (QED) is 0.712. The normalized spacial score (nSPS) is 17.0. The molecule has 0 saturated carbocycles. The van der Waals surface area contributed by atoms with Crippen molar-refractivity contribution in [2.75, 3.05) is 13.1 Å². The molecule has 2 aromatic carbocycles. The van der Waals surface area contributed by atoms with E-state index < -0.39 is 0 Å². The third-order valence-corrected chi connectivity index (χ3v) is 5.15. The van der Waals surface area contributed by atoms with Crippen LogP contribution in [0.2, 0.25) is 0 Å². The summed E-state index contributed by atoms with van der Waals surface area (Å²) in [7, 11) is 0. The van der Waals surface area contributed by atoms with Crippen LogP contribution in [0.15, 0.2) is 54.6 Å². The Hall–Kier alpha value is -2.99. The summed E-state index contributed by atoms with van der Waals surface area (Å²) < 4.78 is 6.45. The molecule has 0 unspecified atom stereocenters. The van der Waals surface area contributed by atoms with Crippen molar-refractivity contribution in [1.29, 1.82) is 0 Å². The number of aromatic nitrogens is 4. The van der Waals surface area contributed by atoms with Gasteiger partial charge in [0.25, 0.3) is 0 Å². The van der Waals surface area contributed by atoms with Crippen molar-refractivity contribution < 1.29 is 4.74 Å². The number of benzene rings is 2. The van der Waals surface area contributed by atoms with Gasteiger partial charge in [-0.2, -0.15) is 5.21 Å². The van der Waals surface area contributed by atoms with Crippen LogP contribution in [0.3, 0.4) is 0 Å². The van der Waals surface area contributed by atoms with Crippen molar-refractivity contribution in [2.24, 2.45) is 0 Å². The van der Waals surface area contributed by atoms with Gasteiger partial charge in [0.05, 0.1) is 0 Å². The third kappa shape index (κ3) is 3.43. The van der Waals surface area contributed by atoms with Crippen LogP contribution in [-0.4, -0.2) is 39.3 Å². The number of hydrogen-bond donors (Lipinski definition) is 2. The van der Waals surface area contributed by atoms with Crippen LogP contribution in [0.5, 0.6) is 5.75 Å². The lowest BCUT2D eigenvalue weighted by molar-refractivity contribution is 0.0817. The molecule has 3 heterocycles. The summed E-state index contributed by atoms with van der Waals surface area (Å²) in [5, 5.41) is 17.6. The minimum Gasteiger partial charge on any atom is -0.482 e. The van der Waals surface area contributed by atoms with E-state index in [1.54, 1.807) is 0 Å². The average Bonchev–Trinajstić information content (AvgIpc) is 3.30. The van der Waals surface area contributed by atoms with E-state index in [2.05, 4.69) is 62.3 Å². The molecule has 0 amide bonds. The number of piperidine rings is 1. The number of aromatic amines is 1. The van der Waals surface area contributed by atoms with Crippen LogP contribution in [0.25, 0.3) is 17.0 Å². The lowest BCUT2D eigenvalue weighted by Gasteiger charge is -2.40. The first-order chi connectivity index (χ1) is 13.8. The average molecular weight is 375 g/mol. The van der Waals surface area contributed by atoms with Crippen molar-refractivity contribution in [3.8, 4) is 17.1 Å². The largest absolute Gasteiger partial charge is 0.482 e. The molecular formula is C22H25N5O. The molecule has 3 aromatic rings. The molecule has 2 aliphatic rings. The molecule has 0 bridgehead atoms. The van der Waals surface area contributed by atoms with Crippen molar-refractivity contribution in [2.45, 2.75) is 32.3 Å². The molecule has 0 aliphatic carbocycles. The van der Waals surface area contributed by atoms with Crippen molar-refractivity contribution in [3.63, 3.8) is 0 Å². The Labute approximate surface area is 165 Å². The molecule has 1 saturated heterocycles. The highest BCUT2D eigenvalue weighted by Crippen LogP contribution is 2.42. The zero-order valence-electron chi connectivity index (χ0n) is 16.3. The van der Waals surface area contributed by atoms with Crippen molar-refractivity contribution >= 4 is 5.57 Å². The van der Waals surface area contributed by atoms with Gasteiger partial charge < -0.3 is 10.1 Å². The Kier molecular flexibility index (Phi) is 5.21. The van der Waals surface area contributed by atoms with Crippen LogP contribution < -0.4 is 10.1 Å². The minimum atomic E-state index is -0.221. The summed E-state index contributed by atoms with van der Waals surface area (Å²) in [6.45, 7) is 5.95. The molecule has 0 radical (unpaired) electrons. The second-order valence-electron chi connectivity index (χ2n) is 6.78. The van der Waals surface area contributed by atoms with E-state index in [9.17, 15) is 0 Å². The molecule has 144 valence electrons. The number of nitrogens with zero attached hydrogens (tertiary/aromatic N) is 3. The van der Waals surface area contributed by atoms with Gasteiger partial charge in [0.1, 0.15) is 11.4 Å². The van der Waals surface area contributed by atoms with E-state index in [0.717, 1.165) is 42.8 Å². The summed E-state index contributed by atoms with van der Waals surface area (Å²) in [5.74, 6) is 1.57. The molecule has 0 atom stereocenters. The summed E-state index contributed by atoms with van der Waals surface area (Å²) in [4.78, 5) is 0. The maximum Gasteiger partial charge on any atom is 0.204 e. The predicted molar refractivity (Wildman–Crippen MR) is 110 cm³/mol. The Morgan fingerprint density at radius 3 is 2.36 bits per heavy atom. The van der Waals surface area contributed by atoms with E-state index in [1.165, 1.54) is 11.1 Å². The summed E-state index contributed by atoms with van der Waals surface area (Å²) >= 11 is 0. The fraction of sp³-hybridized carbons (Fsp3) is 0.318. The van der Waals surface area contributed by atoms with E-state index in [-0.39, 0.29) is 5.60 Å². The first-order valence-corrected chi connectivity index (χ1v) is 9.89. The van der Waals surface area contributed by atoms with Crippen LogP contribution in [-0.2, 0) is 0 Å². The van der Waals surface area contributed by atoms with Gasteiger partial charge in [0.2, 0.25) is 5.82 Å². The van der Waals surface area contributed by atoms with E-state index in [1.807, 2.05) is 32.0 Å². The molecule has 6 nitrogen and oxygen atoms in total. The van der Waals surface area contributed by atoms with Gasteiger partial charge in [0, 0.05) is 24.0 Å². The van der Waals surface area contributed by atoms with Gasteiger partial charge in [-0.1, -0.05) is 56.3 Å². The molecule has 2 N–H and O–H groups in total. The van der Waals surface area contributed by atoms with Crippen molar-refractivity contribution in [1.82, 2.24) is 25.9 Å². The number of H-pyrrole nitrogens is 1. The van der Waals surface area contributed by atoms with Crippen LogP contribution in [0, 0.1) is 0 Å². The van der Waals surface area contributed by atoms with Gasteiger partial charge >= 0.3 is 0 Å². The number of para-hydroxylation sites is 1. The third-order valence-electron chi connectivity index (χ3n) is 5.15. The van der Waals surface area contributed by atoms with Crippen LogP contribution in [0.1, 0.15) is 37.8 Å². The first-order valence-electron chi connectivity index (χ1n) is 9.89. The zero-order chi connectivity index (χ0) is 19.4. The lowest BCUT2D eigenvalue weighted by atomic mass is 9.83. The van der Waals surface area contributed by atoms with Crippen LogP contribution >= 0.6 is 0 Å². The highest BCUT2D eigenvalue weighted by atomic mass is 16.5. The molecule has 1 aromatic heterocycles. The van der Waals surface area contributed by atoms with Gasteiger partial charge in [0.15, 0.2) is 0 Å². The van der Waals surface area contributed by atoms with Gasteiger partial charge in [-0.25, -0.2) is 0 Å². The highest BCUT2D eigenvalue weighted by molar-refractivity contribution is 5.85. The van der Waals surface area contributed by atoms with Crippen molar-refractivity contribution in [3.05, 3.63) is 65.7 Å². The number of rotatable bonds is 2. The van der Waals surface area contributed by atoms with Crippen LogP contribution in [0.4, 0.5) is 0 Å². The Bertz CT molecular complexity index is 941. The SMILES string of the molecule is C1=C(c2ccc(-c3nn[nH]n3)cc2)c2ccccc2OC12CCNCC2.CC. The Morgan fingerprint density at radius 2 is 1.64 bits per heavy atom. The molecule has 1 fully saturated rings. The molecular weight excluding hydrogens is 350 g/mol. The minimum absolute atomic E-state index is 0.221. The maximum absolute atomic E-state index is 6.45. The number of fused-ring (bicyclic) bond motifs is 1. The zero-order valence-corrected chi connectivity index (χ0v) is 16.3. The molecule has 6 heteroatoms. The molecule has 28 heavy (non-hydrogen) atoms. The topological polar surface area (TPSA) is 75.7 Å². The molecule has 5 rings (SSSR count). The monoisotopic (exact) mass is 375 g/mol. The standard InChI is InChI=1S/C20H19N5O.C2H6/c1-2-4-18-16(3-1)17(13-20(26-18)9-11-21-12-10-20)14-5-7-15(8-6-14)19-22-24-25-23-19;1-2/h1-8,13,21H,9-12H2,(H,22,23,24,25);1-2H3. The van der Waals surface area contributed by atoms with E-state index >= 15 is 0 Å². The second kappa shape index (κ2) is 7.94. The van der Waals surface area contributed by atoms with E-state index in [0.29, 0.717) is 5.82 Å². The number of tetrazole rings is 1. The smallest absolute Gasteiger partial charge is 0.204 e. The fourth-order valence-electron chi connectivity index (χ4n) is 3.79. The Balaban J connectivity index is 0.000000932. The predicted octanol–water partition coefficient (Wildman–Crippen LogP) is 3.84.